The first kappa shape index (κ1) is 13.0. The van der Waals surface area contributed by atoms with Gasteiger partial charge in [-0.2, -0.15) is 5.10 Å². The van der Waals surface area contributed by atoms with Gasteiger partial charge in [-0.15, -0.1) is 0 Å². The smallest absolute Gasteiger partial charge is 0.162 e. The van der Waals surface area contributed by atoms with Gasteiger partial charge in [0.25, 0.3) is 0 Å². The number of aromatic nitrogens is 2. The monoisotopic (exact) mass is 227 g/mol. The number of aliphatic hydroxyl groups excluding tert-OH is 1. The van der Waals surface area contributed by atoms with Gasteiger partial charge in [-0.25, -0.2) is 0 Å². The highest BCUT2D eigenvalue weighted by Crippen LogP contribution is 2.24. The van der Waals surface area contributed by atoms with E-state index in [0.717, 1.165) is 25.2 Å². The summed E-state index contributed by atoms with van der Waals surface area (Å²) < 4.78 is 6.95. The van der Waals surface area contributed by atoms with Crippen molar-refractivity contribution in [3.05, 3.63) is 11.9 Å². The molecule has 0 bridgehead atoms. The molecule has 0 saturated heterocycles. The third kappa shape index (κ3) is 2.96. The lowest BCUT2D eigenvalue weighted by Gasteiger charge is -2.14. The zero-order valence-corrected chi connectivity index (χ0v) is 10.2. The molecule has 0 aliphatic rings. The van der Waals surface area contributed by atoms with Gasteiger partial charge in [-0.1, -0.05) is 6.92 Å². The lowest BCUT2D eigenvalue weighted by molar-refractivity contribution is 0.160. The normalized spacial score (nSPS) is 12.8. The second-order valence-corrected chi connectivity index (χ2v) is 3.63. The zero-order chi connectivity index (χ0) is 12.0. The molecule has 0 fully saturated rings. The zero-order valence-electron chi connectivity index (χ0n) is 10.2. The van der Waals surface area contributed by atoms with Crippen LogP contribution in [0.1, 0.15) is 32.1 Å². The number of aliphatic hydroxyl groups is 1. The summed E-state index contributed by atoms with van der Waals surface area (Å²) in [6.45, 7) is 6.23. The predicted molar refractivity (Wildman–Crippen MR) is 62.6 cm³/mol. The van der Waals surface area contributed by atoms with E-state index in [-0.39, 0.29) is 0 Å². The highest BCUT2D eigenvalue weighted by molar-refractivity contribution is 5.27. The molecule has 92 valence electrons. The van der Waals surface area contributed by atoms with Crippen molar-refractivity contribution in [1.29, 1.82) is 0 Å². The van der Waals surface area contributed by atoms with Gasteiger partial charge in [-0.3, -0.25) is 4.68 Å². The van der Waals surface area contributed by atoms with Gasteiger partial charge < -0.3 is 15.2 Å². The van der Waals surface area contributed by atoms with Crippen LogP contribution < -0.4 is 10.1 Å². The van der Waals surface area contributed by atoms with Crippen molar-refractivity contribution in [2.75, 3.05) is 20.2 Å². The first-order chi connectivity index (χ1) is 7.74. The van der Waals surface area contributed by atoms with Crippen LogP contribution in [0.2, 0.25) is 0 Å². The number of nitrogens with one attached hydrogen (secondary N) is 1. The number of hydrogen-bond donors (Lipinski definition) is 2. The minimum Gasteiger partial charge on any atom is -0.493 e. The van der Waals surface area contributed by atoms with Crippen LogP contribution in [0.4, 0.5) is 0 Å². The summed E-state index contributed by atoms with van der Waals surface area (Å²) in [6.07, 6.45) is 2.11. The standard InChI is InChI=1S/C11H21N3O2/c1-4-6-12-7-9(15)11-10(16-3)8-13-14(11)5-2/h8-9,12,15H,4-7H2,1-3H3. The van der Waals surface area contributed by atoms with Gasteiger partial charge in [-0.05, 0) is 19.9 Å². The Balaban J connectivity index is 2.71. The fraction of sp³-hybridized carbons (Fsp3) is 0.727. The maximum atomic E-state index is 10.1. The molecule has 1 atom stereocenters. The van der Waals surface area contributed by atoms with Gasteiger partial charge in [0.1, 0.15) is 11.8 Å². The summed E-state index contributed by atoms with van der Waals surface area (Å²) in [5.41, 5.74) is 0.744. The summed E-state index contributed by atoms with van der Waals surface area (Å²) in [5.74, 6) is 0.646. The molecular formula is C11H21N3O2. The van der Waals surface area contributed by atoms with Crippen molar-refractivity contribution >= 4 is 0 Å². The molecule has 1 unspecified atom stereocenters. The Kier molecular flexibility index (Phi) is 5.28. The Hall–Kier alpha value is -1.07. The SMILES string of the molecule is CCCNCC(O)c1c(OC)cnn1CC. The van der Waals surface area contributed by atoms with Crippen LogP contribution in [-0.2, 0) is 6.54 Å². The molecule has 2 N–H and O–H groups in total. The molecule has 0 spiro atoms. The fourth-order valence-corrected chi connectivity index (χ4v) is 1.64. The largest absolute Gasteiger partial charge is 0.493 e. The minimum atomic E-state index is -0.580. The topological polar surface area (TPSA) is 59.3 Å². The van der Waals surface area contributed by atoms with Crippen LogP contribution in [0.25, 0.3) is 0 Å². The highest BCUT2D eigenvalue weighted by atomic mass is 16.5. The van der Waals surface area contributed by atoms with Crippen molar-refractivity contribution in [2.45, 2.75) is 32.9 Å². The summed E-state index contributed by atoms with van der Waals surface area (Å²) in [4.78, 5) is 0. The Labute approximate surface area is 96.4 Å². The molecule has 1 rings (SSSR count). The number of hydrogen-bond acceptors (Lipinski definition) is 4. The third-order valence-electron chi connectivity index (χ3n) is 2.44. The third-order valence-corrected chi connectivity index (χ3v) is 2.44. The predicted octanol–water partition coefficient (Wildman–Crippen LogP) is 0.945. The average molecular weight is 227 g/mol. The van der Waals surface area contributed by atoms with Crippen LogP contribution >= 0.6 is 0 Å². The molecule has 0 saturated carbocycles. The number of nitrogens with zero attached hydrogens (tertiary/aromatic N) is 2. The maximum Gasteiger partial charge on any atom is 0.162 e. The van der Waals surface area contributed by atoms with E-state index < -0.39 is 6.10 Å². The number of methoxy groups -OCH3 is 1. The Morgan fingerprint density at radius 1 is 1.56 bits per heavy atom. The highest BCUT2D eigenvalue weighted by Gasteiger charge is 2.18. The van der Waals surface area contributed by atoms with E-state index in [0.29, 0.717) is 12.3 Å². The second kappa shape index (κ2) is 6.50. The van der Waals surface area contributed by atoms with Crippen molar-refractivity contribution in [1.82, 2.24) is 15.1 Å². The van der Waals surface area contributed by atoms with Crippen molar-refractivity contribution in [2.24, 2.45) is 0 Å². The van der Waals surface area contributed by atoms with E-state index in [9.17, 15) is 5.11 Å². The summed E-state index contributed by atoms with van der Waals surface area (Å²) >= 11 is 0. The molecule has 16 heavy (non-hydrogen) atoms. The summed E-state index contributed by atoms with van der Waals surface area (Å²) in [6, 6.07) is 0. The van der Waals surface area contributed by atoms with Crippen molar-refractivity contribution < 1.29 is 9.84 Å². The van der Waals surface area contributed by atoms with Crippen molar-refractivity contribution in [3.8, 4) is 5.75 Å². The number of aryl methyl sites for hydroxylation is 1. The van der Waals surface area contributed by atoms with Crippen LogP contribution in [0.5, 0.6) is 5.75 Å². The quantitative estimate of drug-likeness (QED) is 0.681. The first-order valence-electron chi connectivity index (χ1n) is 5.73. The molecule has 5 heteroatoms. The Bertz CT molecular complexity index is 291. The molecule has 5 nitrogen and oxygen atoms in total. The van der Waals surface area contributed by atoms with Crippen LogP contribution in [0.3, 0.4) is 0 Å². The van der Waals surface area contributed by atoms with Gasteiger partial charge in [0.2, 0.25) is 0 Å². The van der Waals surface area contributed by atoms with Gasteiger partial charge >= 0.3 is 0 Å². The lowest BCUT2D eigenvalue weighted by Crippen LogP contribution is -2.24. The summed E-state index contributed by atoms with van der Waals surface area (Å²) in [7, 11) is 1.59. The molecule has 1 aromatic rings. The van der Waals surface area contributed by atoms with Gasteiger partial charge in [0.05, 0.1) is 13.3 Å². The number of rotatable bonds is 7. The average Bonchev–Trinajstić information content (AvgIpc) is 2.71. The Morgan fingerprint density at radius 3 is 2.88 bits per heavy atom. The minimum absolute atomic E-state index is 0.524. The maximum absolute atomic E-state index is 10.1. The summed E-state index contributed by atoms with van der Waals surface area (Å²) in [5, 5.41) is 17.4. The second-order valence-electron chi connectivity index (χ2n) is 3.63. The van der Waals surface area contributed by atoms with E-state index in [1.807, 2.05) is 6.92 Å². The molecule has 0 amide bonds. The van der Waals surface area contributed by atoms with Crippen molar-refractivity contribution in [3.63, 3.8) is 0 Å². The molecular weight excluding hydrogens is 206 g/mol. The van der Waals surface area contributed by atoms with Crippen LogP contribution in [0, 0.1) is 0 Å². The van der Waals surface area contributed by atoms with E-state index in [4.69, 9.17) is 4.74 Å². The molecule has 1 heterocycles. The number of ether oxygens (including phenoxy) is 1. The van der Waals surface area contributed by atoms with E-state index in [1.165, 1.54) is 0 Å². The van der Waals surface area contributed by atoms with Gasteiger partial charge in [0, 0.05) is 13.1 Å². The van der Waals surface area contributed by atoms with E-state index in [1.54, 1.807) is 18.0 Å². The molecule has 0 radical (unpaired) electrons. The fourth-order valence-electron chi connectivity index (χ4n) is 1.64. The molecule has 0 aliphatic heterocycles. The van der Waals surface area contributed by atoms with Gasteiger partial charge in [0.15, 0.2) is 5.75 Å². The lowest BCUT2D eigenvalue weighted by atomic mass is 10.2. The Morgan fingerprint density at radius 2 is 2.31 bits per heavy atom. The molecule has 1 aromatic heterocycles. The molecule has 0 aromatic carbocycles. The van der Waals surface area contributed by atoms with Crippen LogP contribution in [0.15, 0.2) is 6.20 Å². The molecule has 0 aliphatic carbocycles. The van der Waals surface area contributed by atoms with Crippen LogP contribution in [-0.4, -0.2) is 35.1 Å². The van der Waals surface area contributed by atoms with E-state index in [2.05, 4.69) is 17.3 Å². The van der Waals surface area contributed by atoms with E-state index >= 15 is 0 Å². The first-order valence-corrected chi connectivity index (χ1v) is 5.73.